The average molecular weight is 240 g/mol. The highest BCUT2D eigenvalue weighted by atomic mass is 15.2. The molecule has 0 amide bonds. The van der Waals surface area contributed by atoms with E-state index in [0.29, 0.717) is 5.54 Å². The van der Waals surface area contributed by atoms with Crippen LogP contribution in [-0.2, 0) is 0 Å². The Morgan fingerprint density at radius 1 is 1.18 bits per heavy atom. The molecule has 0 aliphatic heterocycles. The highest BCUT2D eigenvalue weighted by Gasteiger charge is 2.36. The molecule has 0 aromatic carbocycles. The fourth-order valence-electron chi connectivity index (χ4n) is 3.63. The van der Waals surface area contributed by atoms with Crippen molar-refractivity contribution in [2.45, 2.75) is 65.3 Å². The molecule has 1 aliphatic carbocycles. The van der Waals surface area contributed by atoms with Crippen molar-refractivity contribution >= 4 is 0 Å². The Bertz CT molecular complexity index is 211. The van der Waals surface area contributed by atoms with E-state index in [-0.39, 0.29) is 0 Å². The Labute approximate surface area is 108 Å². The van der Waals surface area contributed by atoms with Crippen molar-refractivity contribution in [1.82, 2.24) is 4.90 Å². The molecule has 102 valence electrons. The lowest BCUT2D eigenvalue weighted by atomic mass is 9.85. The van der Waals surface area contributed by atoms with Crippen LogP contribution in [0.4, 0.5) is 0 Å². The van der Waals surface area contributed by atoms with Gasteiger partial charge in [0.15, 0.2) is 0 Å². The summed E-state index contributed by atoms with van der Waals surface area (Å²) in [6, 6.07) is 0. The minimum absolute atomic E-state index is 0.299. The average Bonchev–Trinajstić information content (AvgIpc) is 2.54. The van der Waals surface area contributed by atoms with Gasteiger partial charge >= 0.3 is 0 Å². The molecule has 2 atom stereocenters. The first kappa shape index (κ1) is 15.0. The summed E-state index contributed by atoms with van der Waals surface area (Å²) < 4.78 is 0. The third-order valence-corrected chi connectivity index (χ3v) is 4.95. The fourth-order valence-corrected chi connectivity index (χ4v) is 3.63. The zero-order valence-corrected chi connectivity index (χ0v) is 12.3. The van der Waals surface area contributed by atoms with Crippen LogP contribution in [0, 0.1) is 11.8 Å². The summed E-state index contributed by atoms with van der Waals surface area (Å²) in [5.41, 5.74) is 6.44. The molecule has 1 fully saturated rings. The van der Waals surface area contributed by atoms with E-state index in [4.69, 9.17) is 5.73 Å². The topological polar surface area (TPSA) is 29.3 Å². The van der Waals surface area contributed by atoms with Gasteiger partial charge in [0.1, 0.15) is 0 Å². The van der Waals surface area contributed by atoms with E-state index in [9.17, 15) is 0 Å². The van der Waals surface area contributed by atoms with Crippen molar-refractivity contribution in [2.75, 3.05) is 19.6 Å². The Hall–Kier alpha value is -0.0800. The number of hydrogen-bond acceptors (Lipinski definition) is 2. The van der Waals surface area contributed by atoms with E-state index in [2.05, 4.69) is 32.6 Å². The standard InChI is InChI=1S/C15H32N2/c1-5-17(6-2)15(12-16)10-7-8-14(9-11-15)13(3)4/h13-14H,5-12,16H2,1-4H3. The minimum Gasteiger partial charge on any atom is -0.329 e. The summed E-state index contributed by atoms with van der Waals surface area (Å²) in [5, 5.41) is 0. The van der Waals surface area contributed by atoms with Gasteiger partial charge in [0.05, 0.1) is 0 Å². The first-order valence-electron chi connectivity index (χ1n) is 7.54. The predicted molar refractivity (Wildman–Crippen MR) is 76.1 cm³/mol. The van der Waals surface area contributed by atoms with Crippen LogP contribution in [0.3, 0.4) is 0 Å². The van der Waals surface area contributed by atoms with Crippen molar-refractivity contribution in [3.05, 3.63) is 0 Å². The molecule has 17 heavy (non-hydrogen) atoms. The fraction of sp³-hybridized carbons (Fsp3) is 1.00. The molecule has 0 bridgehead atoms. The largest absolute Gasteiger partial charge is 0.329 e. The molecule has 2 nitrogen and oxygen atoms in total. The number of hydrogen-bond donors (Lipinski definition) is 1. The van der Waals surface area contributed by atoms with Gasteiger partial charge in [0.25, 0.3) is 0 Å². The van der Waals surface area contributed by atoms with E-state index in [1.165, 1.54) is 32.1 Å². The molecule has 2 heteroatoms. The van der Waals surface area contributed by atoms with E-state index < -0.39 is 0 Å². The third kappa shape index (κ3) is 3.45. The molecular weight excluding hydrogens is 208 g/mol. The molecule has 0 aromatic rings. The summed E-state index contributed by atoms with van der Waals surface area (Å²) in [4.78, 5) is 2.61. The first-order valence-corrected chi connectivity index (χ1v) is 7.54. The van der Waals surface area contributed by atoms with Crippen molar-refractivity contribution in [1.29, 1.82) is 0 Å². The predicted octanol–water partition coefficient (Wildman–Crippen LogP) is 3.26. The van der Waals surface area contributed by atoms with Crippen molar-refractivity contribution in [2.24, 2.45) is 17.6 Å². The maximum Gasteiger partial charge on any atom is 0.0331 e. The molecule has 0 aromatic heterocycles. The monoisotopic (exact) mass is 240 g/mol. The zero-order valence-electron chi connectivity index (χ0n) is 12.3. The Morgan fingerprint density at radius 2 is 1.82 bits per heavy atom. The van der Waals surface area contributed by atoms with Gasteiger partial charge < -0.3 is 5.73 Å². The van der Waals surface area contributed by atoms with Crippen LogP contribution in [0.1, 0.15) is 59.8 Å². The Morgan fingerprint density at radius 3 is 2.29 bits per heavy atom. The Kier molecular flexibility index (Phi) is 5.94. The van der Waals surface area contributed by atoms with E-state index >= 15 is 0 Å². The molecule has 0 spiro atoms. The van der Waals surface area contributed by atoms with Crippen LogP contribution < -0.4 is 5.73 Å². The SMILES string of the molecule is CCN(CC)C1(CN)CCCC(C(C)C)CC1. The summed E-state index contributed by atoms with van der Waals surface area (Å²) >= 11 is 0. The van der Waals surface area contributed by atoms with Crippen molar-refractivity contribution in [3.63, 3.8) is 0 Å². The molecule has 2 unspecified atom stereocenters. The van der Waals surface area contributed by atoms with Gasteiger partial charge in [-0.15, -0.1) is 0 Å². The maximum atomic E-state index is 6.14. The van der Waals surface area contributed by atoms with E-state index in [0.717, 1.165) is 31.5 Å². The molecule has 0 heterocycles. The van der Waals surface area contributed by atoms with Gasteiger partial charge in [-0.1, -0.05) is 40.5 Å². The van der Waals surface area contributed by atoms with Gasteiger partial charge in [-0.25, -0.2) is 0 Å². The second-order valence-electron chi connectivity index (χ2n) is 6.04. The van der Waals surface area contributed by atoms with Gasteiger partial charge in [0, 0.05) is 12.1 Å². The molecule has 2 N–H and O–H groups in total. The van der Waals surface area contributed by atoms with E-state index in [1.54, 1.807) is 0 Å². The molecule has 0 saturated heterocycles. The van der Waals surface area contributed by atoms with Gasteiger partial charge in [-0.3, -0.25) is 4.90 Å². The van der Waals surface area contributed by atoms with Crippen molar-refractivity contribution < 1.29 is 0 Å². The van der Waals surface area contributed by atoms with Crippen LogP contribution in [0.5, 0.6) is 0 Å². The number of nitrogens with zero attached hydrogens (tertiary/aromatic N) is 1. The highest BCUT2D eigenvalue weighted by Crippen LogP contribution is 2.36. The lowest BCUT2D eigenvalue weighted by Gasteiger charge is -2.42. The quantitative estimate of drug-likeness (QED) is 0.747. The maximum absolute atomic E-state index is 6.14. The van der Waals surface area contributed by atoms with Crippen LogP contribution >= 0.6 is 0 Å². The van der Waals surface area contributed by atoms with Crippen LogP contribution in [0.15, 0.2) is 0 Å². The second kappa shape index (κ2) is 6.75. The number of rotatable bonds is 5. The van der Waals surface area contributed by atoms with Crippen LogP contribution in [0.2, 0.25) is 0 Å². The normalized spacial score (nSPS) is 30.9. The molecule has 1 rings (SSSR count). The highest BCUT2D eigenvalue weighted by molar-refractivity contribution is 4.94. The lowest BCUT2D eigenvalue weighted by molar-refractivity contribution is 0.0877. The van der Waals surface area contributed by atoms with Gasteiger partial charge in [-0.05, 0) is 44.2 Å². The molecule has 1 aliphatic rings. The smallest absolute Gasteiger partial charge is 0.0331 e. The minimum atomic E-state index is 0.299. The summed E-state index contributed by atoms with van der Waals surface area (Å²) in [5.74, 6) is 1.75. The van der Waals surface area contributed by atoms with Gasteiger partial charge in [-0.2, -0.15) is 0 Å². The summed E-state index contributed by atoms with van der Waals surface area (Å²) in [7, 11) is 0. The first-order chi connectivity index (χ1) is 8.09. The zero-order chi connectivity index (χ0) is 12.9. The molecular formula is C15H32N2. The van der Waals surface area contributed by atoms with Crippen LogP contribution in [0.25, 0.3) is 0 Å². The van der Waals surface area contributed by atoms with Crippen molar-refractivity contribution in [3.8, 4) is 0 Å². The summed E-state index contributed by atoms with van der Waals surface area (Å²) in [6.07, 6.45) is 6.73. The van der Waals surface area contributed by atoms with Crippen LogP contribution in [-0.4, -0.2) is 30.1 Å². The van der Waals surface area contributed by atoms with E-state index in [1.807, 2.05) is 0 Å². The van der Waals surface area contributed by atoms with Gasteiger partial charge in [0.2, 0.25) is 0 Å². The summed E-state index contributed by atoms with van der Waals surface area (Å²) in [6.45, 7) is 12.4. The second-order valence-corrected chi connectivity index (χ2v) is 6.04. The number of nitrogens with two attached hydrogens (primary N) is 1. The molecule has 0 radical (unpaired) electrons. The Balaban J connectivity index is 2.73. The third-order valence-electron chi connectivity index (χ3n) is 4.95. The molecule has 1 saturated carbocycles. The lowest BCUT2D eigenvalue weighted by Crippen LogP contribution is -2.53. The number of likely N-dealkylation sites (N-methyl/N-ethyl adjacent to an activating group) is 1.